The first-order chi connectivity index (χ1) is 8.02. The molecule has 2 rings (SSSR count). The molecule has 0 heterocycles. The first-order valence-electron chi connectivity index (χ1n) is 4.60. The van der Waals surface area contributed by atoms with E-state index in [1.807, 2.05) is 18.2 Å². The van der Waals surface area contributed by atoms with Gasteiger partial charge >= 0.3 is 0 Å². The molecule has 0 radical (unpaired) electrons. The third-order valence-electron chi connectivity index (χ3n) is 2.27. The van der Waals surface area contributed by atoms with Gasteiger partial charge in [-0.05, 0) is 87.0 Å². The van der Waals surface area contributed by atoms with Crippen molar-refractivity contribution in [3.63, 3.8) is 0 Å². The molecule has 17 heavy (non-hydrogen) atoms. The number of benzene rings is 2. The molecule has 0 atom stereocenters. The first-order valence-corrected chi connectivity index (χ1v) is 8.56. The SMILES string of the molecule is Brc1ccccc1-c1cc(Br)c(Br)c(Br)c1Br. The van der Waals surface area contributed by atoms with Crippen LogP contribution < -0.4 is 0 Å². The minimum Gasteiger partial charge on any atom is -0.0616 e. The smallest absolute Gasteiger partial charge is 0.0477 e. The lowest BCUT2D eigenvalue weighted by Crippen LogP contribution is -1.85. The topological polar surface area (TPSA) is 0 Å². The van der Waals surface area contributed by atoms with Gasteiger partial charge in [0.15, 0.2) is 0 Å². The van der Waals surface area contributed by atoms with Crippen LogP contribution in [0.2, 0.25) is 0 Å². The zero-order valence-electron chi connectivity index (χ0n) is 8.28. The van der Waals surface area contributed by atoms with Gasteiger partial charge in [-0.3, -0.25) is 0 Å². The van der Waals surface area contributed by atoms with Crippen LogP contribution in [-0.2, 0) is 0 Å². The average Bonchev–Trinajstić information content (AvgIpc) is 2.32. The van der Waals surface area contributed by atoms with Gasteiger partial charge < -0.3 is 0 Å². The summed E-state index contributed by atoms with van der Waals surface area (Å²) < 4.78 is 5.11. The summed E-state index contributed by atoms with van der Waals surface area (Å²) >= 11 is 17.8. The first kappa shape index (κ1) is 14.3. The van der Waals surface area contributed by atoms with Crippen molar-refractivity contribution >= 4 is 79.6 Å². The van der Waals surface area contributed by atoms with Crippen molar-refractivity contribution in [3.8, 4) is 11.1 Å². The fraction of sp³-hybridized carbons (Fsp3) is 0. The molecule has 0 nitrogen and oxygen atoms in total. The molecule has 0 aliphatic rings. The highest BCUT2D eigenvalue weighted by Crippen LogP contribution is 2.44. The summed E-state index contributed by atoms with van der Waals surface area (Å²) in [5.74, 6) is 0. The predicted molar refractivity (Wildman–Crippen MR) is 90.4 cm³/mol. The molecule has 0 amide bonds. The molecule has 2 aromatic carbocycles. The number of hydrogen-bond acceptors (Lipinski definition) is 0. The lowest BCUT2D eigenvalue weighted by molar-refractivity contribution is 1.47. The van der Waals surface area contributed by atoms with E-state index in [0.717, 1.165) is 33.5 Å². The van der Waals surface area contributed by atoms with Crippen LogP contribution in [0, 0.1) is 0 Å². The molecule has 0 saturated carbocycles. The maximum absolute atomic E-state index is 3.62. The van der Waals surface area contributed by atoms with Crippen molar-refractivity contribution < 1.29 is 0 Å². The molecule has 0 fully saturated rings. The second-order valence-corrected chi connectivity index (χ2v) is 7.42. The largest absolute Gasteiger partial charge is 0.0616 e. The van der Waals surface area contributed by atoms with Crippen molar-refractivity contribution in [2.45, 2.75) is 0 Å². The molecule has 0 spiro atoms. The van der Waals surface area contributed by atoms with Crippen LogP contribution in [0.25, 0.3) is 11.1 Å². The summed E-state index contributed by atoms with van der Waals surface area (Å²) in [5, 5.41) is 0. The van der Waals surface area contributed by atoms with E-state index in [9.17, 15) is 0 Å². The summed E-state index contributed by atoms with van der Waals surface area (Å²) in [6, 6.07) is 10.2. The maximum atomic E-state index is 3.62. The van der Waals surface area contributed by atoms with E-state index in [4.69, 9.17) is 0 Å². The van der Waals surface area contributed by atoms with Crippen LogP contribution in [0.15, 0.2) is 52.7 Å². The Balaban J connectivity index is 2.73. The second kappa shape index (κ2) is 5.87. The standard InChI is InChI=1S/C12H5Br5/c13-8-4-2-1-3-6(8)7-5-9(14)11(16)12(17)10(7)15/h1-5H. The van der Waals surface area contributed by atoms with Gasteiger partial charge in [0.2, 0.25) is 0 Å². The van der Waals surface area contributed by atoms with Gasteiger partial charge in [-0.2, -0.15) is 0 Å². The van der Waals surface area contributed by atoms with Crippen LogP contribution in [-0.4, -0.2) is 0 Å². The van der Waals surface area contributed by atoms with Crippen molar-refractivity contribution in [1.29, 1.82) is 0 Å². The van der Waals surface area contributed by atoms with E-state index < -0.39 is 0 Å². The minimum atomic E-state index is 0.998. The Bertz CT molecular complexity index is 577. The van der Waals surface area contributed by atoms with Gasteiger partial charge in [-0.1, -0.05) is 34.1 Å². The summed E-state index contributed by atoms with van der Waals surface area (Å²) in [6.45, 7) is 0. The lowest BCUT2D eigenvalue weighted by atomic mass is 10.1. The summed E-state index contributed by atoms with van der Waals surface area (Å²) in [6.07, 6.45) is 0. The highest BCUT2D eigenvalue weighted by Gasteiger charge is 2.14. The predicted octanol–water partition coefficient (Wildman–Crippen LogP) is 7.17. The van der Waals surface area contributed by atoms with Gasteiger partial charge in [0.25, 0.3) is 0 Å². The lowest BCUT2D eigenvalue weighted by Gasteiger charge is -2.11. The minimum absolute atomic E-state index is 0.998. The monoisotopic (exact) mass is 544 g/mol. The Morgan fingerprint density at radius 3 is 1.88 bits per heavy atom. The van der Waals surface area contributed by atoms with Crippen molar-refractivity contribution in [2.75, 3.05) is 0 Å². The Labute approximate surface area is 142 Å². The van der Waals surface area contributed by atoms with E-state index in [-0.39, 0.29) is 0 Å². The zero-order chi connectivity index (χ0) is 12.6. The molecule has 5 heteroatoms. The number of halogens is 5. The fourth-order valence-corrected chi connectivity index (χ4v) is 4.17. The molecule has 0 aliphatic heterocycles. The van der Waals surface area contributed by atoms with E-state index in [0.29, 0.717) is 0 Å². The van der Waals surface area contributed by atoms with E-state index >= 15 is 0 Å². The highest BCUT2D eigenvalue weighted by molar-refractivity contribution is 9.15. The van der Waals surface area contributed by atoms with Crippen molar-refractivity contribution in [2.24, 2.45) is 0 Å². The Morgan fingerprint density at radius 1 is 0.588 bits per heavy atom. The fourth-order valence-electron chi connectivity index (χ4n) is 1.45. The molecule has 0 aromatic heterocycles. The second-order valence-electron chi connectivity index (χ2n) is 3.33. The van der Waals surface area contributed by atoms with E-state index in [1.54, 1.807) is 0 Å². The highest BCUT2D eigenvalue weighted by atomic mass is 79.9. The van der Waals surface area contributed by atoms with E-state index in [2.05, 4.69) is 91.8 Å². The van der Waals surface area contributed by atoms with Crippen LogP contribution in [0.1, 0.15) is 0 Å². The van der Waals surface area contributed by atoms with Crippen LogP contribution in [0.5, 0.6) is 0 Å². The van der Waals surface area contributed by atoms with Crippen molar-refractivity contribution in [1.82, 2.24) is 0 Å². The van der Waals surface area contributed by atoms with Crippen LogP contribution >= 0.6 is 79.6 Å². The summed E-state index contributed by atoms with van der Waals surface area (Å²) in [7, 11) is 0. The van der Waals surface area contributed by atoms with E-state index in [1.165, 1.54) is 0 Å². The summed E-state index contributed by atoms with van der Waals surface area (Å²) in [4.78, 5) is 0. The maximum Gasteiger partial charge on any atom is 0.0477 e. The molecule has 0 N–H and O–H groups in total. The van der Waals surface area contributed by atoms with Crippen LogP contribution in [0.3, 0.4) is 0 Å². The quantitative estimate of drug-likeness (QED) is 0.262. The zero-order valence-corrected chi connectivity index (χ0v) is 16.2. The molecular formula is C12H5Br5. The van der Waals surface area contributed by atoms with Gasteiger partial charge in [0, 0.05) is 22.4 Å². The Kier molecular flexibility index (Phi) is 4.92. The molecule has 0 bridgehead atoms. The van der Waals surface area contributed by atoms with Crippen LogP contribution in [0.4, 0.5) is 0 Å². The molecule has 0 aliphatic carbocycles. The third kappa shape index (κ3) is 2.89. The molecule has 0 saturated heterocycles. The molecule has 2 aromatic rings. The third-order valence-corrected chi connectivity index (χ3v) is 7.62. The number of hydrogen-bond donors (Lipinski definition) is 0. The van der Waals surface area contributed by atoms with Gasteiger partial charge in [0.05, 0.1) is 0 Å². The van der Waals surface area contributed by atoms with Gasteiger partial charge in [0.1, 0.15) is 0 Å². The normalized spacial score (nSPS) is 10.6. The number of rotatable bonds is 1. The summed E-state index contributed by atoms with van der Waals surface area (Å²) in [5.41, 5.74) is 2.27. The van der Waals surface area contributed by atoms with Gasteiger partial charge in [-0.25, -0.2) is 0 Å². The average molecular weight is 549 g/mol. The van der Waals surface area contributed by atoms with Crippen molar-refractivity contribution in [3.05, 3.63) is 52.7 Å². The Hall–Kier alpha value is 0.840. The Morgan fingerprint density at radius 2 is 1.24 bits per heavy atom. The molecule has 0 unspecified atom stereocenters. The molecule has 88 valence electrons. The van der Waals surface area contributed by atoms with Gasteiger partial charge in [-0.15, -0.1) is 0 Å². The molecular weight excluding hydrogens is 544 g/mol.